The summed E-state index contributed by atoms with van der Waals surface area (Å²) in [5, 5.41) is 7.71. The van der Waals surface area contributed by atoms with Gasteiger partial charge in [0.15, 0.2) is 11.5 Å². The van der Waals surface area contributed by atoms with Crippen molar-refractivity contribution in [2.45, 2.75) is 20.0 Å². The van der Waals surface area contributed by atoms with E-state index in [0.29, 0.717) is 24.7 Å². The summed E-state index contributed by atoms with van der Waals surface area (Å²) in [7, 11) is 0. The third-order valence-corrected chi connectivity index (χ3v) is 8.15. The molecule has 2 amide bonds. The molecule has 3 aromatic rings. The summed E-state index contributed by atoms with van der Waals surface area (Å²) in [4.78, 5) is 25.8. The van der Waals surface area contributed by atoms with Crippen LogP contribution >= 0.6 is 22.6 Å². The number of hydrogen-bond donors (Lipinski definition) is 0. The molecule has 2 bridgehead atoms. The van der Waals surface area contributed by atoms with E-state index in [1.165, 1.54) is 5.39 Å². The summed E-state index contributed by atoms with van der Waals surface area (Å²) in [6, 6.07) is 18.2. The van der Waals surface area contributed by atoms with Crippen LogP contribution in [-0.4, -0.2) is 29.6 Å². The summed E-state index contributed by atoms with van der Waals surface area (Å²) in [6.07, 6.45) is 6.63. The van der Waals surface area contributed by atoms with Gasteiger partial charge in [0.25, 0.3) is 11.8 Å². The first-order valence-corrected chi connectivity index (χ1v) is 13.3. The fraction of sp³-hybridized carbons (Fsp3) is 0.276. The van der Waals surface area contributed by atoms with Crippen molar-refractivity contribution < 1.29 is 19.1 Å². The third-order valence-electron chi connectivity index (χ3n) is 7.35. The average Bonchev–Trinajstić information content (AvgIpc) is 3.56. The Morgan fingerprint density at radius 1 is 1.00 bits per heavy atom. The van der Waals surface area contributed by atoms with Gasteiger partial charge in [-0.15, -0.1) is 0 Å². The highest BCUT2D eigenvalue weighted by Gasteiger charge is 2.59. The first-order chi connectivity index (χ1) is 17.5. The van der Waals surface area contributed by atoms with E-state index >= 15 is 0 Å². The lowest BCUT2D eigenvalue weighted by Gasteiger charge is -2.16. The summed E-state index contributed by atoms with van der Waals surface area (Å²) < 4.78 is 13.0. The third kappa shape index (κ3) is 3.89. The summed E-state index contributed by atoms with van der Waals surface area (Å²) >= 11 is 2.22. The maximum absolute atomic E-state index is 12.9. The predicted molar refractivity (Wildman–Crippen MR) is 146 cm³/mol. The van der Waals surface area contributed by atoms with Crippen LogP contribution in [0.1, 0.15) is 24.5 Å². The van der Waals surface area contributed by atoms with Crippen LogP contribution in [0.4, 0.5) is 0 Å². The van der Waals surface area contributed by atoms with Gasteiger partial charge in [0, 0.05) is 0 Å². The van der Waals surface area contributed by atoms with Crippen molar-refractivity contribution in [2.75, 3.05) is 6.61 Å². The Balaban J connectivity index is 1.23. The number of benzene rings is 3. The average molecular weight is 592 g/mol. The van der Waals surface area contributed by atoms with Gasteiger partial charge in [-0.25, -0.2) is 0 Å². The van der Waals surface area contributed by atoms with Gasteiger partial charge in [0.05, 0.1) is 28.2 Å². The molecule has 1 heterocycles. The highest BCUT2D eigenvalue weighted by Crippen LogP contribution is 2.52. The molecule has 4 atom stereocenters. The molecule has 0 aromatic heterocycles. The molecule has 3 aromatic carbocycles. The fourth-order valence-electron chi connectivity index (χ4n) is 5.76. The Morgan fingerprint density at radius 3 is 2.47 bits per heavy atom. The number of halogens is 1. The SMILES string of the molecule is CCOc1cc(C=NN2C(=O)[C@@H]3[C@H](C2=O)[C@H]2C=C[C@H]3C2)cc(I)c1OCc1cccc2ccccc12. The summed E-state index contributed by atoms with van der Waals surface area (Å²) in [5.41, 5.74) is 1.83. The van der Waals surface area contributed by atoms with Crippen LogP contribution in [0.2, 0.25) is 0 Å². The molecular weight excluding hydrogens is 567 g/mol. The molecule has 182 valence electrons. The van der Waals surface area contributed by atoms with Gasteiger partial charge in [-0.1, -0.05) is 54.6 Å². The number of fused-ring (bicyclic) bond motifs is 6. The van der Waals surface area contributed by atoms with Gasteiger partial charge in [-0.2, -0.15) is 10.1 Å². The Morgan fingerprint density at radius 2 is 1.72 bits per heavy atom. The van der Waals surface area contributed by atoms with E-state index in [2.05, 4.69) is 64.1 Å². The number of allylic oxidation sites excluding steroid dienone is 2. The predicted octanol–water partition coefficient (Wildman–Crippen LogP) is 5.56. The van der Waals surface area contributed by atoms with Crippen LogP contribution in [0.3, 0.4) is 0 Å². The number of hydrogen-bond acceptors (Lipinski definition) is 5. The van der Waals surface area contributed by atoms with Gasteiger partial charge < -0.3 is 9.47 Å². The Hall–Kier alpha value is -3.20. The molecule has 0 N–H and O–H groups in total. The molecule has 1 saturated heterocycles. The number of imide groups is 1. The molecule has 2 aliphatic carbocycles. The Bertz CT molecular complexity index is 1400. The first kappa shape index (κ1) is 23.2. The van der Waals surface area contributed by atoms with Crippen LogP contribution in [0.15, 0.2) is 71.9 Å². The van der Waals surface area contributed by atoms with Crippen LogP contribution in [-0.2, 0) is 16.2 Å². The minimum Gasteiger partial charge on any atom is -0.490 e. The number of hydrazone groups is 1. The maximum atomic E-state index is 12.9. The van der Waals surface area contributed by atoms with Crippen molar-refractivity contribution in [2.24, 2.45) is 28.8 Å². The number of carbonyl (C=O) groups is 2. The highest BCUT2D eigenvalue weighted by molar-refractivity contribution is 14.1. The number of ether oxygens (including phenoxy) is 2. The van der Waals surface area contributed by atoms with E-state index in [9.17, 15) is 9.59 Å². The van der Waals surface area contributed by atoms with Crippen LogP contribution < -0.4 is 9.47 Å². The largest absolute Gasteiger partial charge is 0.490 e. The lowest BCUT2D eigenvalue weighted by Crippen LogP contribution is -2.28. The Kier molecular flexibility index (Phi) is 6.03. The van der Waals surface area contributed by atoms with Crippen LogP contribution in [0.5, 0.6) is 11.5 Å². The standard InChI is InChI=1S/C29H25IN2O4/c1-2-35-24-13-17(15-31-32-28(33)25-19-10-11-20(14-19)26(25)29(32)34)12-23(30)27(24)36-16-21-8-5-7-18-6-3-4-9-22(18)21/h3-13,15,19-20,25-26H,2,14,16H2,1H3/t19-,20-,25-,26+/m0/s1. The molecular formula is C29H25IN2O4. The van der Waals surface area contributed by atoms with Crippen molar-refractivity contribution in [3.05, 3.63) is 81.4 Å². The zero-order valence-corrected chi connectivity index (χ0v) is 21.9. The summed E-state index contributed by atoms with van der Waals surface area (Å²) in [5.74, 6) is 0.709. The van der Waals surface area contributed by atoms with Crippen molar-refractivity contribution in [1.29, 1.82) is 0 Å². The minimum atomic E-state index is -0.256. The van der Waals surface area contributed by atoms with Crippen molar-refractivity contribution in [1.82, 2.24) is 5.01 Å². The quantitative estimate of drug-likeness (QED) is 0.156. The highest BCUT2D eigenvalue weighted by atomic mass is 127. The normalized spacial score (nSPS) is 24.3. The number of carbonyl (C=O) groups excluding carboxylic acids is 2. The van der Waals surface area contributed by atoms with Crippen LogP contribution in [0, 0.1) is 27.2 Å². The zero-order valence-electron chi connectivity index (χ0n) is 19.8. The van der Waals surface area contributed by atoms with Crippen molar-refractivity contribution in [3.8, 4) is 11.5 Å². The molecule has 0 spiro atoms. The van der Waals surface area contributed by atoms with Gasteiger partial charge in [0.2, 0.25) is 0 Å². The Labute approximate surface area is 223 Å². The van der Waals surface area contributed by atoms with Gasteiger partial charge >= 0.3 is 0 Å². The zero-order chi connectivity index (χ0) is 24.8. The minimum absolute atomic E-state index is 0.167. The maximum Gasteiger partial charge on any atom is 0.254 e. The molecule has 1 aliphatic heterocycles. The van der Waals surface area contributed by atoms with Crippen molar-refractivity contribution in [3.63, 3.8) is 0 Å². The van der Waals surface area contributed by atoms with E-state index in [4.69, 9.17) is 9.47 Å². The second kappa shape index (κ2) is 9.35. The molecule has 1 saturated carbocycles. The molecule has 36 heavy (non-hydrogen) atoms. The van der Waals surface area contributed by atoms with E-state index in [1.807, 2.05) is 37.3 Å². The molecule has 0 unspecified atom stereocenters. The first-order valence-electron chi connectivity index (χ1n) is 12.2. The van der Waals surface area contributed by atoms with Gasteiger partial charge in [-0.05, 0) is 81.8 Å². The van der Waals surface area contributed by atoms with E-state index in [1.54, 1.807) is 6.21 Å². The van der Waals surface area contributed by atoms with Gasteiger partial charge in [0.1, 0.15) is 6.61 Å². The van der Waals surface area contributed by atoms with Gasteiger partial charge in [-0.3, -0.25) is 9.59 Å². The topological polar surface area (TPSA) is 68.2 Å². The molecule has 3 aliphatic rings. The van der Waals surface area contributed by atoms with E-state index in [0.717, 1.165) is 31.5 Å². The smallest absolute Gasteiger partial charge is 0.254 e. The molecule has 0 radical (unpaired) electrons. The number of rotatable bonds is 7. The van der Waals surface area contributed by atoms with E-state index in [-0.39, 0.29) is 35.5 Å². The van der Waals surface area contributed by atoms with Crippen molar-refractivity contribution >= 4 is 51.4 Å². The van der Waals surface area contributed by atoms with E-state index < -0.39 is 0 Å². The molecule has 6 rings (SSSR count). The second-order valence-electron chi connectivity index (χ2n) is 9.42. The monoisotopic (exact) mass is 592 g/mol. The lowest BCUT2D eigenvalue weighted by atomic mass is 9.85. The number of amides is 2. The number of nitrogens with zero attached hydrogens (tertiary/aromatic N) is 2. The second-order valence-corrected chi connectivity index (χ2v) is 10.6. The summed E-state index contributed by atoms with van der Waals surface area (Å²) in [6.45, 7) is 2.80. The molecule has 2 fully saturated rings. The molecule has 7 heteroatoms. The lowest BCUT2D eigenvalue weighted by molar-refractivity contribution is -0.140. The van der Waals surface area contributed by atoms with Crippen LogP contribution in [0.25, 0.3) is 10.8 Å². The fourth-order valence-corrected chi connectivity index (χ4v) is 6.54. The molecule has 6 nitrogen and oxygen atoms in total.